The molecule has 1 fully saturated rings. The number of benzene rings is 1. The van der Waals surface area contributed by atoms with Crippen molar-refractivity contribution in [3.63, 3.8) is 0 Å². The van der Waals surface area contributed by atoms with E-state index in [1.807, 2.05) is 6.92 Å². The quantitative estimate of drug-likeness (QED) is 0.863. The Morgan fingerprint density at radius 3 is 2.72 bits per heavy atom. The zero-order chi connectivity index (χ0) is 18.0. The fraction of sp³-hybridized carbons (Fsp3) is 0.438. The number of alkyl halides is 3. The van der Waals surface area contributed by atoms with Gasteiger partial charge >= 0.3 is 12.2 Å². The molecule has 1 aliphatic carbocycles. The zero-order valence-electron chi connectivity index (χ0n) is 13.5. The molecule has 1 aliphatic rings. The number of hydrogen-bond acceptors (Lipinski definition) is 3. The van der Waals surface area contributed by atoms with Gasteiger partial charge in [0, 0.05) is 6.54 Å². The lowest BCUT2D eigenvalue weighted by Gasteiger charge is -2.19. The van der Waals surface area contributed by atoms with E-state index in [0.717, 1.165) is 18.9 Å². The molecule has 9 heteroatoms. The molecule has 1 saturated carbocycles. The van der Waals surface area contributed by atoms with Crippen LogP contribution in [0.25, 0.3) is 0 Å². The molecule has 6 nitrogen and oxygen atoms in total. The summed E-state index contributed by atoms with van der Waals surface area (Å²) in [4.78, 5) is 16.5. The highest BCUT2D eigenvalue weighted by Gasteiger charge is 2.37. The molecule has 1 heterocycles. The van der Waals surface area contributed by atoms with E-state index < -0.39 is 17.8 Å². The minimum Gasteiger partial charge on any atom is -0.328 e. The van der Waals surface area contributed by atoms with Crippen molar-refractivity contribution in [1.29, 1.82) is 0 Å². The number of nitrogens with one attached hydrogen (secondary N) is 2. The Kier molecular flexibility index (Phi) is 4.65. The van der Waals surface area contributed by atoms with E-state index in [0.29, 0.717) is 12.4 Å². The highest BCUT2D eigenvalue weighted by molar-refractivity contribution is 5.90. The third kappa shape index (κ3) is 3.92. The molecule has 0 bridgehead atoms. The van der Waals surface area contributed by atoms with Crippen LogP contribution in [-0.4, -0.2) is 20.8 Å². The van der Waals surface area contributed by atoms with Crippen molar-refractivity contribution in [3.8, 4) is 0 Å². The van der Waals surface area contributed by atoms with Crippen molar-refractivity contribution in [1.82, 2.24) is 20.1 Å². The first-order valence-corrected chi connectivity index (χ1v) is 8.01. The highest BCUT2D eigenvalue weighted by Crippen LogP contribution is 2.40. The Balaban J connectivity index is 1.76. The lowest BCUT2D eigenvalue weighted by atomic mass is 10.1. The fourth-order valence-electron chi connectivity index (χ4n) is 2.72. The van der Waals surface area contributed by atoms with Crippen molar-refractivity contribution in [2.45, 2.75) is 38.5 Å². The Labute approximate surface area is 142 Å². The molecule has 2 amide bonds. The van der Waals surface area contributed by atoms with Gasteiger partial charge in [-0.25, -0.2) is 14.5 Å². The molecule has 2 aromatic rings. The van der Waals surface area contributed by atoms with Crippen molar-refractivity contribution < 1.29 is 18.0 Å². The van der Waals surface area contributed by atoms with Crippen molar-refractivity contribution >= 4 is 11.7 Å². The maximum absolute atomic E-state index is 13.0. The lowest BCUT2D eigenvalue weighted by Crippen LogP contribution is -2.35. The van der Waals surface area contributed by atoms with Crippen LogP contribution in [0.2, 0.25) is 0 Å². The molecule has 1 aromatic carbocycles. The van der Waals surface area contributed by atoms with Crippen molar-refractivity contribution in [2.24, 2.45) is 5.92 Å². The number of aromatic nitrogens is 3. The topological polar surface area (TPSA) is 71.8 Å². The van der Waals surface area contributed by atoms with E-state index in [2.05, 4.69) is 20.7 Å². The second-order valence-electron chi connectivity index (χ2n) is 5.89. The molecule has 1 atom stereocenters. The Bertz CT molecular complexity index is 754. The molecular weight excluding hydrogens is 335 g/mol. The third-order valence-electron chi connectivity index (χ3n) is 4.08. The van der Waals surface area contributed by atoms with E-state index in [4.69, 9.17) is 0 Å². The van der Waals surface area contributed by atoms with Crippen LogP contribution in [0.1, 0.15) is 37.2 Å². The molecule has 134 valence electrons. The smallest absolute Gasteiger partial charge is 0.328 e. The van der Waals surface area contributed by atoms with Gasteiger partial charge in [-0.3, -0.25) is 0 Å². The Morgan fingerprint density at radius 2 is 2.08 bits per heavy atom. The summed E-state index contributed by atoms with van der Waals surface area (Å²) in [7, 11) is 0. The highest BCUT2D eigenvalue weighted by atomic mass is 19.4. The number of hydrogen-bond donors (Lipinski definition) is 2. The predicted molar refractivity (Wildman–Crippen MR) is 84.8 cm³/mol. The molecule has 1 aromatic heterocycles. The number of urea groups is 1. The summed E-state index contributed by atoms with van der Waals surface area (Å²) in [5.41, 5.74) is -1.16. The molecule has 0 spiro atoms. The van der Waals surface area contributed by atoms with Gasteiger partial charge in [-0.2, -0.15) is 18.3 Å². The lowest BCUT2D eigenvalue weighted by molar-refractivity contribution is -0.136. The summed E-state index contributed by atoms with van der Waals surface area (Å²) in [6.45, 7) is 2.50. The van der Waals surface area contributed by atoms with Crippen LogP contribution in [0.3, 0.4) is 0 Å². The summed E-state index contributed by atoms with van der Waals surface area (Å²) in [5.74, 6) is 0.836. The molecule has 3 rings (SSSR count). The summed E-state index contributed by atoms with van der Waals surface area (Å²) in [6, 6.07) is 3.81. The normalized spacial score (nSPS) is 15.7. The molecular formula is C16H18F3N5O. The van der Waals surface area contributed by atoms with E-state index in [1.165, 1.54) is 24.5 Å². The number of para-hydroxylation sites is 1. The molecule has 2 N–H and O–H groups in total. The van der Waals surface area contributed by atoms with E-state index >= 15 is 0 Å². The predicted octanol–water partition coefficient (Wildman–Crippen LogP) is 3.59. The van der Waals surface area contributed by atoms with Crippen molar-refractivity contribution in [2.75, 3.05) is 5.32 Å². The van der Waals surface area contributed by atoms with Gasteiger partial charge in [0.25, 0.3) is 0 Å². The minimum absolute atomic E-state index is 0.220. The zero-order valence-corrected chi connectivity index (χ0v) is 13.5. The van der Waals surface area contributed by atoms with Crippen LogP contribution >= 0.6 is 0 Å². The number of carbonyl (C=O) groups excluding carboxylic acids is 1. The van der Waals surface area contributed by atoms with Crippen LogP contribution < -0.4 is 10.6 Å². The summed E-state index contributed by atoms with van der Waals surface area (Å²) in [5, 5.41) is 9.13. The average Bonchev–Trinajstić information content (AvgIpc) is 3.29. The van der Waals surface area contributed by atoms with Gasteiger partial charge in [0.05, 0.1) is 17.3 Å². The standard InChI is InChI=1S/C16H18F3N5O/c1-2-24-14(20-9-21-24)13(10-7-8-10)23-15(25)22-12-6-4-3-5-11(12)16(17,18)19/h3-6,9-10,13H,2,7-8H2,1H3,(H2,22,23,25). The molecule has 0 radical (unpaired) electrons. The number of rotatable bonds is 5. The monoisotopic (exact) mass is 353 g/mol. The van der Waals surface area contributed by atoms with E-state index in [9.17, 15) is 18.0 Å². The first-order chi connectivity index (χ1) is 11.9. The number of carbonyl (C=O) groups is 1. The van der Waals surface area contributed by atoms with Crippen molar-refractivity contribution in [3.05, 3.63) is 42.0 Å². The van der Waals surface area contributed by atoms with Crippen LogP contribution in [0.5, 0.6) is 0 Å². The number of aryl methyl sites for hydroxylation is 1. The number of amides is 2. The van der Waals surface area contributed by atoms with Gasteiger partial charge in [0.1, 0.15) is 12.2 Å². The van der Waals surface area contributed by atoms with Gasteiger partial charge in [-0.05, 0) is 37.8 Å². The number of anilines is 1. The molecule has 0 aliphatic heterocycles. The van der Waals surface area contributed by atoms with Gasteiger partial charge in [-0.1, -0.05) is 12.1 Å². The number of halogens is 3. The van der Waals surface area contributed by atoms with E-state index in [1.54, 1.807) is 4.68 Å². The SMILES string of the molecule is CCn1ncnc1C(NC(=O)Nc1ccccc1C(F)(F)F)C1CC1. The van der Waals surface area contributed by atoms with Gasteiger partial charge in [-0.15, -0.1) is 0 Å². The van der Waals surface area contributed by atoms with Crippen LogP contribution in [0.4, 0.5) is 23.7 Å². The van der Waals surface area contributed by atoms with Crippen LogP contribution in [0, 0.1) is 5.92 Å². The van der Waals surface area contributed by atoms with Crippen LogP contribution in [0.15, 0.2) is 30.6 Å². The Hall–Kier alpha value is -2.58. The fourth-order valence-corrected chi connectivity index (χ4v) is 2.72. The second kappa shape index (κ2) is 6.73. The molecule has 1 unspecified atom stereocenters. The van der Waals surface area contributed by atoms with Gasteiger partial charge < -0.3 is 10.6 Å². The summed E-state index contributed by atoms with van der Waals surface area (Å²) < 4.78 is 40.8. The summed E-state index contributed by atoms with van der Waals surface area (Å²) >= 11 is 0. The molecule has 0 saturated heterocycles. The average molecular weight is 353 g/mol. The maximum atomic E-state index is 13.0. The molecule has 25 heavy (non-hydrogen) atoms. The largest absolute Gasteiger partial charge is 0.418 e. The first-order valence-electron chi connectivity index (χ1n) is 8.01. The van der Waals surface area contributed by atoms with Gasteiger partial charge in [0.15, 0.2) is 0 Å². The Morgan fingerprint density at radius 1 is 1.36 bits per heavy atom. The number of nitrogens with zero attached hydrogens (tertiary/aromatic N) is 3. The van der Waals surface area contributed by atoms with E-state index in [-0.39, 0.29) is 17.6 Å². The van der Waals surface area contributed by atoms with Gasteiger partial charge in [0.2, 0.25) is 0 Å². The minimum atomic E-state index is -4.54. The second-order valence-corrected chi connectivity index (χ2v) is 5.89. The third-order valence-corrected chi connectivity index (χ3v) is 4.08. The van der Waals surface area contributed by atoms with Crippen LogP contribution in [-0.2, 0) is 12.7 Å². The first kappa shape index (κ1) is 17.2. The summed E-state index contributed by atoms with van der Waals surface area (Å²) in [6.07, 6.45) is -1.27. The maximum Gasteiger partial charge on any atom is 0.418 e.